The zero-order chi connectivity index (χ0) is 14.7. The molecule has 1 N–H and O–H groups in total. The van der Waals surface area contributed by atoms with Gasteiger partial charge in [0.2, 0.25) is 0 Å². The van der Waals surface area contributed by atoms with Gasteiger partial charge in [0.15, 0.2) is 0 Å². The molecule has 0 radical (unpaired) electrons. The Kier molecular flexibility index (Phi) is 4.08. The highest BCUT2D eigenvalue weighted by Gasteiger charge is 2.05. The van der Waals surface area contributed by atoms with Crippen LogP contribution in [0.5, 0.6) is 0 Å². The normalized spacial score (nSPS) is 10.6. The van der Waals surface area contributed by atoms with Crippen molar-refractivity contribution in [3.8, 4) is 5.69 Å². The minimum atomic E-state index is 0.567. The van der Waals surface area contributed by atoms with E-state index in [1.54, 1.807) is 17.2 Å². The van der Waals surface area contributed by atoms with Gasteiger partial charge in [0.05, 0.1) is 18.1 Å². The van der Waals surface area contributed by atoms with Crippen LogP contribution >= 0.6 is 23.2 Å². The maximum Gasteiger partial charge on any atom is 0.0858 e. The van der Waals surface area contributed by atoms with Crippen molar-refractivity contribution >= 4 is 28.9 Å². The van der Waals surface area contributed by atoms with E-state index in [9.17, 15) is 0 Å². The average Bonchev–Trinajstić information content (AvgIpc) is 3.02. The Hall–Kier alpha value is -2.04. The lowest BCUT2D eigenvalue weighted by molar-refractivity contribution is 0.752. The molecule has 0 saturated carbocycles. The zero-order valence-corrected chi connectivity index (χ0v) is 12.5. The number of anilines is 1. The second kappa shape index (κ2) is 6.16. The van der Waals surface area contributed by atoms with E-state index in [1.807, 2.05) is 42.5 Å². The van der Waals surface area contributed by atoms with Gasteiger partial charge in [-0.2, -0.15) is 15.0 Å². The molecule has 21 heavy (non-hydrogen) atoms. The molecule has 1 aromatic heterocycles. The number of hydrogen-bond donors (Lipinski definition) is 1. The van der Waals surface area contributed by atoms with E-state index < -0.39 is 0 Å². The predicted octanol–water partition coefficient (Wildman–Crippen LogP) is 4.19. The fourth-order valence-corrected chi connectivity index (χ4v) is 2.48. The maximum absolute atomic E-state index is 6.14. The first-order valence-electron chi connectivity index (χ1n) is 6.37. The quantitative estimate of drug-likeness (QED) is 0.784. The van der Waals surface area contributed by atoms with Crippen molar-refractivity contribution in [2.75, 3.05) is 5.32 Å². The molecule has 3 rings (SSSR count). The average molecular weight is 319 g/mol. The van der Waals surface area contributed by atoms with E-state index in [2.05, 4.69) is 15.5 Å². The summed E-state index contributed by atoms with van der Waals surface area (Å²) in [6.07, 6.45) is 3.29. The van der Waals surface area contributed by atoms with E-state index in [-0.39, 0.29) is 0 Å². The summed E-state index contributed by atoms with van der Waals surface area (Å²) in [5.74, 6) is 0. The molecule has 0 atom stereocenters. The van der Waals surface area contributed by atoms with Crippen LogP contribution in [0, 0.1) is 0 Å². The molecule has 0 amide bonds. The Bertz CT molecular complexity index is 704. The van der Waals surface area contributed by atoms with Gasteiger partial charge >= 0.3 is 0 Å². The summed E-state index contributed by atoms with van der Waals surface area (Å²) in [4.78, 5) is 1.56. The number of nitrogens with zero attached hydrogens (tertiary/aromatic N) is 3. The Balaban J connectivity index is 1.71. The van der Waals surface area contributed by atoms with Crippen LogP contribution in [0.1, 0.15) is 5.56 Å². The van der Waals surface area contributed by atoms with Gasteiger partial charge < -0.3 is 5.32 Å². The van der Waals surface area contributed by atoms with Gasteiger partial charge in [-0.1, -0.05) is 29.3 Å². The van der Waals surface area contributed by atoms with Crippen LogP contribution < -0.4 is 5.32 Å². The number of benzene rings is 2. The highest BCUT2D eigenvalue weighted by molar-refractivity contribution is 6.36. The number of aromatic nitrogens is 3. The Morgan fingerprint density at radius 2 is 1.52 bits per heavy atom. The summed E-state index contributed by atoms with van der Waals surface area (Å²) in [5.41, 5.74) is 2.77. The number of halogens is 2. The van der Waals surface area contributed by atoms with Crippen LogP contribution in [0.2, 0.25) is 10.0 Å². The minimum absolute atomic E-state index is 0.567. The number of hydrogen-bond acceptors (Lipinski definition) is 3. The first-order valence-corrected chi connectivity index (χ1v) is 7.13. The van der Waals surface area contributed by atoms with Crippen LogP contribution in [-0.4, -0.2) is 15.0 Å². The third-order valence-electron chi connectivity index (χ3n) is 3.05. The highest BCUT2D eigenvalue weighted by Crippen LogP contribution is 2.25. The standard InChI is InChI=1S/C15H12Cl2N4/c16-14-2-1-3-15(17)13(14)10-18-11-4-6-12(7-5-11)21-19-8-9-20-21/h1-9,18H,10H2. The lowest BCUT2D eigenvalue weighted by Crippen LogP contribution is -2.02. The van der Waals surface area contributed by atoms with E-state index in [0.29, 0.717) is 16.6 Å². The first-order chi connectivity index (χ1) is 10.2. The van der Waals surface area contributed by atoms with Crippen molar-refractivity contribution < 1.29 is 0 Å². The van der Waals surface area contributed by atoms with Crippen LogP contribution in [0.3, 0.4) is 0 Å². The summed E-state index contributed by atoms with van der Waals surface area (Å²) in [7, 11) is 0. The molecular weight excluding hydrogens is 307 g/mol. The maximum atomic E-state index is 6.14. The molecule has 2 aromatic carbocycles. The molecule has 0 bridgehead atoms. The van der Waals surface area contributed by atoms with Crippen LogP contribution in [0.4, 0.5) is 5.69 Å². The number of nitrogens with one attached hydrogen (secondary N) is 1. The van der Waals surface area contributed by atoms with Gasteiger partial charge in [0, 0.05) is 27.8 Å². The summed E-state index contributed by atoms with van der Waals surface area (Å²) < 4.78 is 0. The largest absolute Gasteiger partial charge is 0.381 e. The van der Waals surface area contributed by atoms with E-state index in [1.165, 1.54) is 0 Å². The summed E-state index contributed by atoms with van der Waals surface area (Å²) in [5, 5.41) is 12.8. The van der Waals surface area contributed by atoms with E-state index in [0.717, 1.165) is 16.9 Å². The Morgan fingerprint density at radius 3 is 2.14 bits per heavy atom. The van der Waals surface area contributed by atoms with Crippen LogP contribution in [0.25, 0.3) is 5.69 Å². The van der Waals surface area contributed by atoms with Crippen molar-refractivity contribution in [2.45, 2.75) is 6.54 Å². The Morgan fingerprint density at radius 1 is 0.905 bits per heavy atom. The molecular formula is C15H12Cl2N4. The molecule has 4 nitrogen and oxygen atoms in total. The topological polar surface area (TPSA) is 42.7 Å². The van der Waals surface area contributed by atoms with Crippen molar-refractivity contribution in [2.24, 2.45) is 0 Å². The summed E-state index contributed by atoms with van der Waals surface area (Å²) in [6, 6.07) is 13.3. The van der Waals surface area contributed by atoms with Crippen LogP contribution in [-0.2, 0) is 6.54 Å². The highest BCUT2D eigenvalue weighted by atomic mass is 35.5. The predicted molar refractivity (Wildman–Crippen MR) is 85.1 cm³/mol. The van der Waals surface area contributed by atoms with Gasteiger partial charge in [-0.15, -0.1) is 0 Å². The molecule has 3 aromatic rings. The molecule has 0 saturated heterocycles. The fraction of sp³-hybridized carbons (Fsp3) is 0.0667. The molecule has 0 aliphatic carbocycles. The Labute approximate surface area is 132 Å². The van der Waals surface area contributed by atoms with Crippen LogP contribution in [0.15, 0.2) is 54.9 Å². The third kappa shape index (κ3) is 3.17. The zero-order valence-electron chi connectivity index (χ0n) is 11.0. The van der Waals surface area contributed by atoms with E-state index >= 15 is 0 Å². The molecule has 0 aliphatic rings. The second-order valence-corrected chi connectivity index (χ2v) is 5.23. The van der Waals surface area contributed by atoms with Gasteiger partial charge in [0.25, 0.3) is 0 Å². The molecule has 0 unspecified atom stereocenters. The smallest absolute Gasteiger partial charge is 0.0858 e. The van der Waals surface area contributed by atoms with E-state index in [4.69, 9.17) is 23.2 Å². The lowest BCUT2D eigenvalue weighted by Gasteiger charge is -2.10. The molecule has 106 valence electrons. The minimum Gasteiger partial charge on any atom is -0.381 e. The number of rotatable bonds is 4. The van der Waals surface area contributed by atoms with Crippen molar-refractivity contribution in [3.05, 3.63) is 70.5 Å². The molecule has 0 aliphatic heterocycles. The SMILES string of the molecule is Clc1cccc(Cl)c1CNc1ccc(-n2nccn2)cc1. The van der Waals surface area contributed by atoms with Crippen molar-refractivity contribution in [1.29, 1.82) is 0 Å². The van der Waals surface area contributed by atoms with Gasteiger partial charge in [-0.05, 0) is 36.4 Å². The molecule has 0 fully saturated rings. The molecule has 6 heteroatoms. The lowest BCUT2D eigenvalue weighted by atomic mass is 10.2. The molecule has 0 spiro atoms. The van der Waals surface area contributed by atoms with Crippen molar-refractivity contribution in [1.82, 2.24) is 15.0 Å². The summed E-state index contributed by atoms with van der Waals surface area (Å²) in [6.45, 7) is 0.567. The summed E-state index contributed by atoms with van der Waals surface area (Å²) >= 11 is 12.3. The third-order valence-corrected chi connectivity index (χ3v) is 3.76. The monoisotopic (exact) mass is 318 g/mol. The fourth-order valence-electron chi connectivity index (χ4n) is 1.95. The van der Waals surface area contributed by atoms with Gasteiger partial charge in [-0.25, -0.2) is 0 Å². The second-order valence-electron chi connectivity index (χ2n) is 4.42. The van der Waals surface area contributed by atoms with Gasteiger partial charge in [-0.3, -0.25) is 0 Å². The first kappa shape index (κ1) is 13.9. The van der Waals surface area contributed by atoms with Crippen molar-refractivity contribution in [3.63, 3.8) is 0 Å². The molecule has 1 heterocycles. The van der Waals surface area contributed by atoms with Gasteiger partial charge in [0.1, 0.15) is 0 Å².